The number of thioether (sulfide) groups is 1. The van der Waals surface area contributed by atoms with Crippen molar-refractivity contribution in [1.82, 2.24) is 14.8 Å². The van der Waals surface area contributed by atoms with Gasteiger partial charge in [0.05, 0.1) is 11.8 Å². The fourth-order valence-corrected chi connectivity index (χ4v) is 7.23. The maximum absolute atomic E-state index is 14.4. The Hall–Kier alpha value is -5.51. The standard InChI is InChI=1S/C43H37BrN4O3S/c1-4-6-19-34(5-2)48-42(51)37(26-36-29(3)47(38-21-14-13-20-35(36)38)27-30-22-24-33(44)25-23-30)41(50)46-43(48)52-28-39(49)45-40(31-15-9-7-10-16-31)32-17-11-8-12-18-32/h4-26,40H,1,27-28H2,2-3H3,(H,45,49)/b19-6-,34-5+,37-26+. The van der Waals surface area contributed by atoms with Gasteiger partial charge in [-0.3, -0.25) is 19.3 Å². The summed E-state index contributed by atoms with van der Waals surface area (Å²) in [7, 11) is 0. The Kier molecular flexibility index (Phi) is 11.6. The number of nitrogens with zero attached hydrogens (tertiary/aromatic N) is 3. The van der Waals surface area contributed by atoms with E-state index in [9.17, 15) is 14.4 Å². The van der Waals surface area contributed by atoms with Crippen LogP contribution in [-0.4, -0.2) is 38.1 Å². The van der Waals surface area contributed by atoms with Gasteiger partial charge in [0.25, 0.3) is 11.8 Å². The van der Waals surface area contributed by atoms with Gasteiger partial charge in [-0.2, -0.15) is 4.99 Å². The zero-order valence-corrected chi connectivity index (χ0v) is 31.2. The Morgan fingerprint density at radius 1 is 0.923 bits per heavy atom. The number of hydrogen-bond donors (Lipinski definition) is 1. The first-order valence-corrected chi connectivity index (χ1v) is 18.6. The molecule has 0 aliphatic carbocycles. The zero-order valence-electron chi connectivity index (χ0n) is 28.8. The average Bonchev–Trinajstić information content (AvgIpc) is 3.43. The smallest absolute Gasteiger partial charge is 0.285 e. The number of amides is 3. The number of para-hydroxylation sites is 1. The molecule has 0 atom stereocenters. The van der Waals surface area contributed by atoms with Crippen LogP contribution in [0.15, 0.2) is 161 Å². The fourth-order valence-electron chi connectivity index (χ4n) is 6.15. The van der Waals surface area contributed by atoms with Gasteiger partial charge < -0.3 is 9.88 Å². The number of halogens is 1. The summed E-state index contributed by atoms with van der Waals surface area (Å²) in [4.78, 5) is 47.5. The molecule has 1 N–H and O–H groups in total. The normalized spacial score (nSPS) is 14.5. The highest BCUT2D eigenvalue weighted by atomic mass is 79.9. The first-order chi connectivity index (χ1) is 25.3. The molecule has 0 saturated heterocycles. The largest absolute Gasteiger partial charge is 0.344 e. The molecule has 3 amide bonds. The number of aromatic nitrogens is 1. The van der Waals surface area contributed by atoms with Crippen molar-refractivity contribution >= 4 is 67.6 Å². The highest BCUT2D eigenvalue weighted by molar-refractivity contribution is 9.10. The van der Waals surface area contributed by atoms with Crippen LogP contribution in [0.3, 0.4) is 0 Å². The van der Waals surface area contributed by atoms with Crippen LogP contribution in [0.4, 0.5) is 0 Å². The lowest BCUT2D eigenvalue weighted by atomic mass is 9.99. The second-order valence-corrected chi connectivity index (χ2v) is 13.9. The van der Waals surface area contributed by atoms with Gasteiger partial charge in [0.1, 0.15) is 5.57 Å². The van der Waals surface area contributed by atoms with Crippen LogP contribution >= 0.6 is 27.7 Å². The number of allylic oxidation sites excluding steroid dienone is 4. The van der Waals surface area contributed by atoms with E-state index < -0.39 is 11.8 Å². The second-order valence-electron chi connectivity index (χ2n) is 12.0. The minimum absolute atomic E-state index is 0.0666. The Labute approximate surface area is 316 Å². The number of nitrogens with one attached hydrogen (secondary N) is 1. The predicted octanol–water partition coefficient (Wildman–Crippen LogP) is 9.15. The number of rotatable bonds is 11. The summed E-state index contributed by atoms with van der Waals surface area (Å²) in [5, 5.41) is 4.17. The molecule has 1 aliphatic heterocycles. The third-order valence-electron chi connectivity index (χ3n) is 8.74. The van der Waals surface area contributed by atoms with E-state index in [2.05, 4.69) is 49.5 Å². The summed E-state index contributed by atoms with van der Waals surface area (Å²) in [5.74, 6) is -1.54. The monoisotopic (exact) mass is 768 g/mol. The third kappa shape index (κ3) is 8.01. The predicted molar refractivity (Wildman–Crippen MR) is 216 cm³/mol. The van der Waals surface area contributed by atoms with E-state index in [1.807, 2.05) is 104 Å². The maximum atomic E-state index is 14.4. The molecule has 52 heavy (non-hydrogen) atoms. The van der Waals surface area contributed by atoms with Gasteiger partial charge in [-0.15, -0.1) is 0 Å². The molecule has 0 radical (unpaired) electrons. The maximum Gasteiger partial charge on any atom is 0.285 e. The molecule has 4 aromatic carbocycles. The van der Waals surface area contributed by atoms with Crippen LogP contribution in [0, 0.1) is 6.92 Å². The molecule has 0 spiro atoms. The third-order valence-corrected chi connectivity index (χ3v) is 10.2. The number of carbonyl (C=O) groups is 3. The molecule has 2 heterocycles. The molecule has 6 rings (SSSR count). The van der Waals surface area contributed by atoms with E-state index in [0.29, 0.717) is 12.2 Å². The number of carbonyl (C=O) groups excluding carboxylic acids is 3. The lowest BCUT2D eigenvalue weighted by molar-refractivity contribution is -0.126. The van der Waals surface area contributed by atoms with Crippen LogP contribution in [0.2, 0.25) is 0 Å². The molecular weight excluding hydrogens is 732 g/mol. The summed E-state index contributed by atoms with van der Waals surface area (Å²) in [6.07, 6.45) is 8.46. The topological polar surface area (TPSA) is 83.8 Å². The van der Waals surface area contributed by atoms with Gasteiger partial charge in [-0.25, -0.2) is 0 Å². The lowest BCUT2D eigenvalue weighted by Crippen LogP contribution is -2.42. The highest BCUT2D eigenvalue weighted by Crippen LogP contribution is 2.32. The summed E-state index contributed by atoms with van der Waals surface area (Å²) >= 11 is 4.55. The van der Waals surface area contributed by atoms with Crippen molar-refractivity contribution in [2.24, 2.45) is 4.99 Å². The number of aliphatic imine (C=N–C) groups is 1. The lowest BCUT2D eigenvalue weighted by Gasteiger charge is -2.28. The van der Waals surface area contributed by atoms with Crippen molar-refractivity contribution in [2.45, 2.75) is 26.4 Å². The van der Waals surface area contributed by atoms with Crippen LogP contribution in [-0.2, 0) is 20.9 Å². The van der Waals surface area contributed by atoms with E-state index in [0.717, 1.165) is 55.1 Å². The van der Waals surface area contributed by atoms with E-state index in [-0.39, 0.29) is 28.4 Å². The van der Waals surface area contributed by atoms with Crippen LogP contribution in [0.25, 0.3) is 17.0 Å². The Bertz CT molecular complexity index is 2220. The molecule has 9 heteroatoms. The molecule has 5 aromatic rings. The summed E-state index contributed by atoms with van der Waals surface area (Å²) in [5.41, 5.74) is 6.08. The molecular formula is C43H37BrN4O3S. The first-order valence-electron chi connectivity index (χ1n) is 16.8. The van der Waals surface area contributed by atoms with Crippen LogP contribution < -0.4 is 5.32 Å². The second kappa shape index (κ2) is 16.7. The molecule has 260 valence electrons. The number of fused-ring (bicyclic) bond motifs is 1. The Morgan fingerprint density at radius 3 is 2.19 bits per heavy atom. The highest BCUT2D eigenvalue weighted by Gasteiger charge is 2.35. The van der Waals surface area contributed by atoms with E-state index in [1.165, 1.54) is 4.90 Å². The average molecular weight is 770 g/mol. The minimum Gasteiger partial charge on any atom is -0.344 e. The van der Waals surface area contributed by atoms with Gasteiger partial charge >= 0.3 is 0 Å². The van der Waals surface area contributed by atoms with Crippen molar-refractivity contribution in [3.8, 4) is 0 Å². The molecule has 0 unspecified atom stereocenters. The number of benzene rings is 4. The van der Waals surface area contributed by atoms with Gasteiger partial charge in [-0.05, 0) is 60.9 Å². The van der Waals surface area contributed by atoms with Crippen molar-refractivity contribution in [2.75, 3.05) is 5.75 Å². The van der Waals surface area contributed by atoms with Crippen molar-refractivity contribution in [3.63, 3.8) is 0 Å². The zero-order chi connectivity index (χ0) is 36.6. The summed E-state index contributed by atoms with van der Waals surface area (Å²) in [6, 6.07) is 35.2. The van der Waals surface area contributed by atoms with Gasteiger partial charge in [0.2, 0.25) is 5.91 Å². The van der Waals surface area contributed by atoms with Crippen molar-refractivity contribution < 1.29 is 14.4 Å². The SMILES string of the molecule is C=C/C=C\C(=C/C)N1C(=O)/C(=C/c2c(C)n(Cc3ccc(Br)cc3)c3ccccc23)C(=O)N=C1SCC(=O)NC(c1ccccc1)c1ccccc1. The number of hydrogen-bond acceptors (Lipinski definition) is 4. The van der Waals surface area contributed by atoms with Gasteiger partial charge in [0, 0.05) is 38.9 Å². The van der Waals surface area contributed by atoms with Crippen LogP contribution in [0.5, 0.6) is 0 Å². The van der Waals surface area contributed by atoms with Gasteiger partial charge in [0.15, 0.2) is 5.17 Å². The quantitative estimate of drug-likeness (QED) is 0.0826. The van der Waals surface area contributed by atoms with Crippen molar-refractivity contribution in [1.29, 1.82) is 0 Å². The molecule has 0 bridgehead atoms. The summed E-state index contributed by atoms with van der Waals surface area (Å²) in [6.45, 7) is 8.18. The first kappa shape index (κ1) is 36.3. The molecule has 7 nitrogen and oxygen atoms in total. The Balaban J connectivity index is 1.33. The molecule has 1 aliphatic rings. The van der Waals surface area contributed by atoms with E-state index in [4.69, 9.17) is 0 Å². The summed E-state index contributed by atoms with van der Waals surface area (Å²) < 4.78 is 3.19. The van der Waals surface area contributed by atoms with Gasteiger partial charge in [-0.1, -0.05) is 143 Å². The van der Waals surface area contributed by atoms with Crippen molar-refractivity contribution in [3.05, 3.63) is 184 Å². The van der Waals surface area contributed by atoms with E-state index >= 15 is 0 Å². The minimum atomic E-state index is -0.664. The number of amidine groups is 1. The fraction of sp³-hybridized carbons (Fsp3) is 0.116. The Morgan fingerprint density at radius 2 is 1.56 bits per heavy atom. The molecule has 1 aromatic heterocycles. The van der Waals surface area contributed by atoms with E-state index in [1.54, 1.807) is 37.3 Å². The molecule has 0 fully saturated rings. The van der Waals surface area contributed by atoms with Crippen LogP contribution in [0.1, 0.15) is 40.9 Å². The molecule has 0 saturated carbocycles.